The molecule has 2 aromatic heterocycles. The minimum atomic E-state index is -4.86. The van der Waals surface area contributed by atoms with Crippen molar-refractivity contribution in [3.63, 3.8) is 0 Å². The lowest BCUT2D eigenvalue weighted by atomic mass is 9.89. The third-order valence-corrected chi connectivity index (χ3v) is 7.10. The molecule has 0 bridgehead atoms. The fraction of sp³-hybridized carbons (Fsp3) is 0.0800. The zero-order valence-corrected chi connectivity index (χ0v) is 21.0. The van der Waals surface area contributed by atoms with Crippen LogP contribution in [0.25, 0.3) is 10.6 Å². The van der Waals surface area contributed by atoms with E-state index in [1.807, 2.05) is 0 Å². The van der Waals surface area contributed by atoms with Gasteiger partial charge in [-0.15, -0.1) is 11.3 Å². The molecule has 4 nitrogen and oxygen atoms in total. The maximum Gasteiger partial charge on any atom is 0.417 e. The predicted molar refractivity (Wildman–Crippen MR) is 136 cm³/mol. The van der Waals surface area contributed by atoms with Crippen LogP contribution in [0.15, 0.2) is 66.0 Å². The number of nitriles is 1. The summed E-state index contributed by atoms with van der Waals surface area (Å²) >= 11 is 19.4. The van der Waals surface area contributed by atoms with E-state index in [1.165, 1.54) is 23.5 Å². The number of carbonyl (C=O) groups is 1. The number of nitrogens with one attached hydrogen (secondary N) is 1. The number of amides is 1. The number of hydrogen-bond donors (Lipinski definition) is 1. The fourth-order valence-corrected chi connectivity index (χ4v) is 4.85. The van der Waals surface area contributed by atoms with Crippen LogP contribution in [-0.4, -0.2) is 10.9 Å². The number of halogens is 6. The van der Waals surface area contributed by atoms with Gasteiger partial charge in [-0.3, -0.25) is 4.79 Å². The topological polar surface area (TPSA) is 65.8 Å². The maximum atomic E-state index is 14.1. The van der Waals surface area contributed by atoms with Gasteiger partial charge in [-0.1, -0.05) is 71.2 Å². The number of pyridine rings is 1. The summed E-state index contributed by atoms with van der Waals surface area (Å²) in [7, 11) is 0. The van der Waals surface area contributed by atoms with Gasteiger partial charge in [0.05, 0.1) is 48.1 Å². The second-order valence-electron chi connectivity index (χ2n) is 7.48. The molecule has 1 atom stereocenters. The normalized spacial score (nSPS) is 12.1. The molecular formula is C25H13Cl3F3N3OS. The van der Waals surface area contributed by atoms with Gasteiger partial charge in [0.2, 0.25) is 5.91 Å². The molecule has 4 aromatic rings. The second kappa shape index (κ2) is 10.5. The van der Waals surface area contributed by atoms with Crippen molar-refractivity contribution in [3.05, 3.63) is 103 Å². The second-order valence-corrected chi connectivity index (χ2v) is 9.65. The minimum Gasteiger partial charge on any atom is -0.324 e. The quantitative estimate of drug-likeness (QED) is 0.247. The highest BCUT2D eigenvalue weighted by atomic mass is 35.5. The number of rotatable bonds is 5. The van der Waals surface area contributed by atoms with Crippen LogP contribution in [0.2, 0.25) is 15.1 Å². The first-order valence-corrected chi connectivity index (χ1v) is 12.2. The van der Waals surface area contributed by atoms with Crippen molar-refractivity contribution in [2.75, 3.05) is 5.32 Å². The third-order valence-electron chi connectivity index (χ3n) is 5.17. The van der Waals surface area contributed by atoms with E-state index >= 15 is 0 Å². The smallest absolute Gasteiger partial charge is 0.324 e. The van der Waals surface area contributed by atoms with E-state index in [-0.39, 0.29) is 32.1 Å². The summed E-state index contributed by atoms with van der Waals surface area (Å²) in [5.41, 5.74) is -1.84. The first-order valence-electron chi connectivity index (χ1n) is 10.2. The van der Waals surface area contributed by atoms with Crippen LogP contribution < -0.4 is 5.32 Å². The Balaban J connectivity index is 1.94. The lowest BCUT2D eigenvalue weighted by Gasteiger charge is -2.21. The van der Waals surface area contributed by atoms with Gasteiger partial charge in [0, 0.05) is 0 Å². The fourth-order valence-electron chi connectivity index (χ4n) is 3.57. The van der Waals surface area contributed by atoms with Gasteiger partial charge in [-0.2, -0.15) is 18.4 Å². The van der Waals surface area contributed by atoms with Crippen molar-refractivity contribution >= 4 is 57.7 Å². The highest BCUT2D eigenvalue weighted by molar-refractivity contribution is 7.13. The number of carbonyl (C=O) groups excluding carboxylic acids is 1. The van der Waals surface area contributed by atoms with E-state index < -0.39 is 29.1 Å². The Hall–Kier alpha value is -3.09. The Morgan fingerprint density at radius 2 is 1.69 bits per heavy atom. The number of aromatic nitrogens is 1. The summed E-state index contributed by atoms with van der Waals surface area (Å²) in [4.78, 5) is 18.5. The minimum absolute atomic E-state index is 0.00683. The molecule has 2 heterocycles. The molecule has 11 heteroatoms. The third kappa shape index (κ3) is 5.35. The summed E-state index contributed by atoms with van der Waals surface area (Å²) in [5.74, 6) is -2.14. The first-order chi connectivity index (χ1) is 17.1. The van der Waals surface area contributed by atoms with Crippen LogP contribution in [0.3, 0.4) is 0 Å². The van der Waals surface area contributed by atoms with Crippen molar-refractivity contribution in [1.82, 2.24) is 4.98 Å². The summed E-state index contributed by atoms with van der Waals surface area (Å²) in [6, 6.07) is 16.4. The van der Waals surface area contributed by atoms with Crippen LogP contribution in [0, 0.1) is 11.3 Å². The lowest BCUT2D eigenvalue weighted by molar-refractivity contribution is -0.138. The first kappa shape index (κ1) is 26.0. The number of hydrogen-bond acceptors (Lipinski definition) is 4. The Labute approximate surface area is 222 Å². The number of nitrogens with zero attached hydrogens (tertiary/aromatic N) is 2. The number of thiophene rings is 1. The van der Waals surface area contributed by atoms with Gasteiger partial charge < -0.3 is 5.32 Å². The van der Waals surface area contributed by atoms with E-state index in [9.17, 15) is 23.2 Å². The summed E-state index contributed by atoms with van der Waals surface area (Å²) < 4.78 is 42.2. The van der Waals surface area contributed by atoms with Crippen LogP contribution in [0.4, 0.5) is 18.9 Å². The molecule has 1 amide bonds. The van der Waals surface area contributed by atoms with E-state index in [0.717, 1.165) is 6.07 Å². The molecule has 0 saturated carbocycles. The Morgan fingerprint density at radius 3 is 2.31 bits per heavy atom. The molecule has 0 aliphatic heterocycles. The van der Waals surface area contributed by atoms with E-state index in [1.54, 1.807) is 53.9 Å². The van der Waals surface area contributed by atoms with Crippen molar-refractivity contribution in [1.29, 1.82) is 5.26 Å². The predicted octanol–water partition coefficient (Wildman–Crippen LogP) is 8.43. The SMILES string of the molecule is N#Cc1c(C(F)(F)F)cc(-c2cccs2)nc1[C@H](C(=O)Nc1cc(Cl)c(Cl)cc1Cl)c1ccccc1. The zero-order chi connectivity index (χ0) is 26.0. The van der Waals surface area contributed by atoms with Crippen LogP contribution >= 0.6 is 46.1 Å². The molecule has 0 saturated heterocycles. The molecule has 1 N–H and O–H groups in total. The number of anilines is 1. The van der Waals surface area contributed by atoms with Crippen molar-refractivity contribution in [3.8, 4) is 16.6 Å². The monoisotopic (exact) mass is 565 g/mol. The Bertz CT molecular complexity index is 1470. The number of benzene rings is 2. The van der Waals surface area contributed by atoms with Gasteiger partial charge in [0.25, 0.3) is 0 Å². The molecule has 0 aliphatic rings. The summed E-state index contributed by atoms with van der Waals surface area (Å²) in [5, 5.41) is 14.4. The maximum absolute atomic E-state index is 14.1. The Morgan fingerprint density at radius 1 is 1.00 bits per heavy atom. The molecule has 0 unspecified atom stereocenters. The van der Waals surface area contributed by atoms with Gasteiger partial charge >= 0.3 is 6.18 Å². The van der Waals surface area contributed by atoms with Crippen LogP contribution in [0.1, 0.15) is 28.3 Å². The molecular weight excluding hydrogens is 554 g/mol. The van der Waals surface area contributed by atoms with Gasteiger partial charge in [-0.25, -0.2) is 4.98 Å². The van der Waals surface area contributed by atoms with Crippen molar-refractivity contribution < 1.29 is 18.0 Å². The van der Waals surface area contributed by atoms with Gasteiger partial charge in [-0.05, 0) is 35.2 Å². The molecule has 0 fully saturated rings. The summed E-state index contributed by atoms with van der Waals surface area (Å²) in [6.45, 7) is 0. The average Bonchev–Trinajstić information content (AvgIpc) is 3.37. The molecule has 0 radical (unpaired) electrons. The molecule has 36 heavy (non-hydrogen) atoms. The van der Waals surface area contributed by atoms with E-state index in [2.05, 4.69) is 10.3 Å². The molecule has 0 aliphatic carbocycles. The van der Waals surface area contributed by atoms with Gasteiger partial charge in [0.1, 0.15) is 12.0 Å². The van der Waals surface area contributed by atoms with Crippen LogP contribution in [-0.2, 0) is 11.0 Å². The molecule has 4 rings (SSSR count). The molecule has 182 valence electrons. The number of alkyl halides is 3. The van der Waals surface area contributed by atoms with Crippen LogP contribution in [0.5, 0.6) is 0 Å². The van der Waals surface area contributed by atoms with Gasteiger partial charge in [0.15, 0.2) is 0 Å². The molecule has 0 spiro atoms. The van der Waals surface area contributed by atoms with Crippen molar-refractivity contribution in [2.24, 2.45) is 0 Å². The highest BCUT2D eigenvalue weighted by Crippen LogP contribution is 2.40. The van der Waals surface area contributed by atoms with E-state index in [0.29, 0.717) is 10.4 Å². The zero-order valence-electron chi connectivity index (χ0n) is 17.9. The summed E-state index contributed by atoms with van der Waals surface area (Å²) in [6.07, 6.45) is -4.86. The average molecular weight is 567 g/mol. The lowest BCUT2D eigenvalue weighted by Crippen LogP contribution is -2.25. The van der Waals surface area contributed by atoms with E-state index in [4.69, 9.17) is 34.8 Å². The van der Waals surface area contributed by atoms with Crippen molar-refractivity contribution in [2.45, 2.75) is 12.1 Å². The standard InChI is InChI=1S/C25H13Cl3F3N3OS/c26-16-10-18(28)19(11-17(16)27)34-24(35)22(13-5-2-1-3-6-13)23-14(12-32)15(25(29,30)31)9-20(33-23)21-7-4-8-36-21/h1-11,22H,(H,34,35)/t22-/m1/s1. The Kier molecular flexibility index (Phi) is 7.57. The molecule has 2 aromatic carbocycles. The highest BCUT2D eigenvalue weighted by Gasteiger charge is 2.39. The largest absolute Gasteiger partial charge is 0.417 e.